The Bertz CT molecular complexity index is 2690. The second-order valence-corrected chi connectivity index (χ2v) is 28.1. The van der Waals surface area contributed by atoms with Gasteiger partial charge in [0.25, 0.3) is 0 Å². The van der Waals surface area contributed by atoms with Gasteiger partial charge in [0.05, 0.1) is 26.4 Å². The smallest absolute Gasteiger partial charge is 0.462 e. The predicted molar refractivity (Wildman–Crippen MR) is 426 cm³/mol. The van der Waals surface area contributed by atoms with Crippen LogP contribution in [0.25, 0.3) is 0 Å². The lowest BCUT2D eigenvalue weighted by atomic mass is 10.1. The lowest BCUT2D eigenvalue weighted by Crippen LogP contribution is -2.30. The molecular formula is C85H136O17P2. The van der Waals surface area contributed by atoms with Crippen molar-refractivity contribution in [2.45, 2.75) is 290 Å². The molecule has 0 radical (unpaired) electrons. The molecule has 0 saturated heterocycles. The molecule has 0 aliphatic heterocycles. The van der Waals surface area contributed by atoms with Crippen LogP contribution in [-0.4, -0.2) is 96.7 Å². The van der Waals surface area contributed by atoms with E-state index in [4.69, 9.17) is 37.0 Å². The van der Waals surface area contributed by atoms with E-state index in [0.29, 0.717) is 38.5 Å². The number of phosphoric acid groups is 2. The highest BCUT2D eigenvalue weighted by Crippen LogP contribution is 2.45. The van der Waals surface area contributed by atoms with E-state index in [1.807, 2.05) is 24.3 Å². The summed E-state index contributed by atoms with van der Waals surface area (Å²) in [6, 6.07) is 0. The third kappa shape index (κ3) is 74.4. The molecule has 0 rings (SSSR count). The number of phosphoric ester groups is 2. The summed E-state index contributed by atoms with van der Waals surface area (Å²) in [6.07, 6.45) is 90.4. The summed E-state index contributed by atoms with van der Waals surface area (Å²) in [5.74, 6) is -2.39. The molecule has 0 amide bonds. The van der Waals surface area contributed by atoms with Crippen molar-refractivity contribution in [2.75, 3.05) is 39.6 Å². The number of aliphatic hydroxyl groups is 1. The van der Waals surface area contributed by atoms with Gasteiger partial charge in [0, 0.05) is 25.7 Å². The van der Waals surface area contributed by atoms with E-state index in [2.05, 4.69) is 186 Å². The number of hydrogen-bond acceptors (Lipinski definition) is 15. The monoisotopic (exact) mass is 1490 g/mol. The summed E-state index contributed by atoms with van der Waals surface area (Å²) in [5, 5.41) is 10.6. The molecule has 0 aliphatic rings. The van der Waals surface area contributed by atoms with E-state index >= 15 is 0 Å². The van der Waals surface area contributed by atoms with Crippen molar-refractivity contribution < 1.29 is 80.2 Å². The second kappa shape index (κ2) is 75.4. The summed E-state index contributed by atoms with van der Waals surface area (Å²) in [6.45, 7) is 4.31. The zero-order valence-electron chi connectivity index (χ0n) is 64.1. The minimum Gasteiger partial charge on any atom is -0.462 e. The Labute approximate surface area is 628 Å². The Morgan fingerprint density at radius 2 is 0.510 bits per heavy atom. The van der Waals surface area contributed by atoms with Crippen LogP contribution in [0.5, 0.6) is 0 Å². The first kappa shape index (κ1) is 98.2. The van der Waals surface area contributed by atoms with Gasteiger partial charge in [-0.3, -0.25) is 37.3 Å². The van der Waals surface area contributed by atoms with Crippen LogP contribution in [0.2, 0.25) is 0 Å². The van der Waals surface area contributed by atoms with Gasteiger partial charge < -0.3 is 33.8 Å². The molecule has 0 saturated carbocycles. The van der Waals surface area contributed by atoms with Crippen LogP contribution < -0.4 is 0 Å². The molecular weight excluding hydrogens is 1350 g/mol. The minimum absolute atomic E-state index is 0.00404. The number of unbranched alkanes of at least 4 members (excludes halogenated alkanes) is 15. The summed E-state index contributed by atoms with van der Waals surface area (Å²) in [4.78, 5) is 72.9. The minimum atomic E-state index is -5.02. The Morgan fingerprint density at radius 1 is 0.279 bits per heavy atom. The van der Waals surface area contributed by atoms with Crippen LogP contribution in [0, 0.1) is 0 Å². The van der Waals surface area contributed by atoms with E-state index in [0.717, 1.165) is 141 Å². The van der Waals surface area contributed by atoms with Crippen LogP contribution in [0.15, 0.2) is 182 Å². The number of ether oxygens (including phenoxy) is 4. The maximum atomic E-state index is 13.1. The highest BCUT2D eigenvalue weighted by molar-refractivity contribution is 7.47. The van der Waals surface area contributed by atoms with Crippen molar-refractivity contribution >= 4 is 39.5 Å². The Balaban J connectivity index is 5.53. The van der Waals surface area contributed by atoms with Crippen molar-refractivity contribution in [1.82, 2.24) is 0 Å². The van der Waals surface area contributed by atoms with Gasteiger partial charge in [-0.1, -0.05) is 261 Å². The maximum Gasteiger partial charge on any atom is 0.472 e. The average molecular weight is 1490 g/mol. The highest BCUT2D eigenvalue weighted by atomic mass is 31.2. The Kier molecular flexibility index (Phi) is 71.2. The molecule has 0 fully saturated rings. The fraction of sp³-hybridized carbons (Fsp3) is 0.600. The average Bonchev–Trinajstić information content (AvgIpc) is 0.926. The molecule has 588 valence electrons. The zero-order valence-corrected chi connectivity index (χ0v) is 65.9. The Hall–Kier alpha value is -5.84. The third-order valence-corrected chi connectivity index (χ3v) is 17.2. The van der Waals surface area contributed by atoms with Gasteiger partial charge in [-0.05, 0) is 167 Å². The molecule has 5 unspecified atom stereocenters. The van der Waals surface area contributed by atoms with Crippen molar-refractivity contribution in [1.29, 1.82) is 0 Å². The first-order valence-corrected chi connectivity index (χ1v) is 42.0. The third-order valence-electron chi connectivity index (χ3n) is 15.3. The molecule has 0 spiro atoms. The Morgan fingerprint density at radius 3 is 0.846 bits per heavy atom. The lowest BCUT2D eigenvalue weighted by molar-refractivity contribution is -0.161. The van der Waals surface area contributed by atoms with Gasteiger partial charge in [-0.15, -0.1) is 0 Å². The SMILES string of the molecule is CC/C=C\C/C=C\C/C=C\C/C=C\C/C=C\CCCC(=O)OCC(COP(=O)(O)OCC(O)COP(=O)(O)OCC(COC(=O)CCCC/C=C\C/C=C\C/C=C\C/C=C\CC)OC(=O)CCCCCCC/C=C\CCCCCCCC)OC(=O)CCC/C=C\C/C=C\C/C=C\C/C=C\C/C=C\CC. The molecule has 0 heterocycles. The lowest BCUT2D eigenvalue weighted by Gasteiger charge is -2.21. The molecule has 0 bridgehead atoms. The molecule has 0 aliphatic carbocycles. The zero-order chi connectivity index (χ0) is 76.0. The number of hydrogen-bond donors (Lipinski definition) is 3. The van der Waals surface area contributed by atoms with Crippen molar-refractivity contribution in [2.24, 2.45) is 0 Å². The van der Waals surface area contributed by atoms with E-state index in [1.165, 1.54) is 38.5 Å². The number of carbonyl (C=O) groups is 4. The molecule has 0 aromatic heterocycles. The summed E-state index contributed by atoms with van der Waals surface area (Å²) >= 11 is 0. The van der Waals surface area contributed by atoms with Crippen molar-refractivity contribution in [3.8, 4) is 0 Å². The number of rotatable bonds is 71. The fourth-order valence-corrected chi connectivity index (χ4v) is 11.1. The largest absolute Gasteiger partial charge is 0.472 e. The molecule has 17 nitrogen and oxygen atoms in total. The van der Waals surface area contributed by atoms with E-state index in [9.17, 15) is 43.2 Å². The predicted octanol–water partition coefficient (Wildman–Crippen LogP) is 22.8. The number of aliphatic hydroxyl groups excluding tert-OH is 1. The highest BCUT2D eigenvalue weighted by Gasteiger charge is 2.30. The van der Waals surface area contributed by atoms with Gasteiger partial charge >= 0.3 is 39.5 Å². The number of carbonyl (C=O) groups excluding carboxylic acids is 4. The van der Waals surface area contributed by atoms with Gasteiger partial charge in [-0.25, -0.2) is 9.13 Å². The first-order chi connectivity index (χ1) is 50.7. The number of allylic oxidation sites excluding steroid dienone is 30. The van der Waals surface area contributed by atoms with Gasteiger partial charge in [0.15, 0.2) is 12.2 Å². The summed E-state index contributed by atoms with van der Waals surface area (Å²) in [7, 11) is -10.0. The first-order valence-electron chi connectivity index (χ1n) is 39.0. The topological polar surface area (TPSA) is 237 Å². The standard InChI is InChI=1S/C85H136O17P2/c1-5-9-13-17-21-25-29-33-37-39-43-46-50-54-58-62-66-70-83(88)96-76-81(102-85(90)72-68-64-60-56-52-48-44-40-38-34-30-26-22-18-14-10-6-2)78-100-104(93,94)98-74-79(86)73-97-103(91,92)99-77-80(101-84(89)71-67-63-59-55-51-47-42-36-32-28-24-20-16-12-8-4)75-95-82(87)69-65-61-57-53-49-45-41-35-31-27-23-19-15-11-7-3/h9-11,13-15,21-23,25-27,33-38,41-44,46,48-49,53-54,56,58,60,79-81,86H,5-8,12,16-20,24,28-32,39-40,45,47,50-52,55,57,59,61-78H2,1-4H3,(H,91,92)(H,93,94)/b13-9-,14-10-,15-11-,25-21-,26-22-,27-23-,37-33-,38-34-,41-35-,42-36-,46-43-,48-44-,53-49-,58-54-,60-56-. The van der Waals surface area contributed by atoms with E-state index in [1.54, 1.807) is 0 Å². The van der Waals surface area contributed by atoms with Gasteiger partial charge in [-0.2, -0.15) is 0 Å². The van der Waals surface area contributed by atoms with E-state index in [-0.39, 0.29) is 25.7 Å². The molecule has 19 heteroatoms. The van der Waals surface area contributed by atoms with Crippen LogP contribution >= 0.6 is 15.6 Å². The summed E-state index contributed by atoms with van der Waals surface area (Å²) < 4.78 is 68.4. The molecule has 3 N–H and O–H groups in total. The van der Waals surface area contributed by atoms with Gasteiger partial charge in [0.1, 0.15) is 19.3 Å². The van der Waals surface area contributed by atoms with Crippen molar-refractivity contribution in [3.05, 3.63) is 182 Å². The van der Waals surface area contributed by atoms with Crippen LogP contribution in [-0.2, 0) is 65.4 Å². The maximum absolute atomic E-state index is 13.1. The quantitative estimate of drug-likeness (QED) is 0.0169. The second-order valence-electron chi connectivity index (χ2n) is 25.1. The van der Waals surface area contributed by atoms with Crippen molar-refractivity contribution in [3.63, 3.8) is 0 Å². The van der Waals surface area contributed by atoms with Crippen LogP contribution in [0.1, 0.15) is 272 Å². The summed E-state index contributed by atoms with van der Waals surface area (Å²) in [5.41, 5.74) is 0. The molecule has 104 heavy (non-hydrogen) atoms. The molecule has 0 aromatic carbocycles. The normalized spacial score (nSPS) is 14.9. The molecule has 0 aromatic rings. The number of esters is 4. The van der Waals surface area contributed by atoms with Crippen LogP contribution in [0.3, 0.4) is 0 Å². The fourth-order valence-electron chi connectivity index (χ4n) is 9.51. The van der Waals surface area contributed by atoms with E-state index < -0.39 is 97.5 Å². The van der Waals surface area contributed by atoms with Gasteiger partial charge in [0.2, 0.25) is 0 Å². The van der Waals surface area contributed by atoms with Crippen LogP contribution in [0.4, 0.5) is 0 Å². The molecule has 5 atom stereocenters.